The van der Waals surface area contributed by atoms with E-state index in [1.165, 1.54) is 85.4 Å². The second kappa shape index (κ2) is 13.3. The van der Waals surface area contributed by atoms with Gasteiger partial charge in [-0.15, -0.1) is 11.3 Å². The first-order valence-electron chi connectivity index (χ1n) is 16.7. The zero-order chi connectivity index (χ0) is 31.6. The molecule has 0 spiro atoms. The Bertz CT molecular complexity index is 2150. The molecule has 0 fully saturated rings. The molecular weight excluding hydrogens is 615 g/mol. The number of nitrogens with one attached hydrogen (secondary N) is 1. The molecule has 0 saturated carbocycles. The highest BCUT2D eigenvalue weighted by Gasteiger charge is 2.23. The summed E-state index contributed by atoms with van der Waals surface area (Å²) >= 11 is 3.50. The summed E-state index contributed by atoms with van der Waals surface area (Å²) in [5.74, 6) is 0. The maximum Gasteiger partial charge on any atom is 0.185 e. The fourth-order valence-electron chi connectivity index (χ4n) is 6.97. The Balaban J connectivity index is 0.000000144. The Morgan fingerprint density at radius 3 is 1.62 bits per heavy atom. The van der Waals surface area contributed by atoms with Crippen molar-refractivity contribution >= 4 is 48.5 Å². The molecule has 5 nitrogen and oxygen atoms in total. The fourth-order valence-corrected chi connectivity index (χ4v) is 8.92. The summed E-state index contributed by atoms with van der Waals surface area (Å²) in [5.41, 5.74) is 13.8. The highest BCUT2D eigenvalue weighted by molar-refractivity contribution is 7.22. The van der Waals surface area contributed by atoms with Gasteiger partial charge in [-0.1, -0.05) is 102 Å². The number of aryl methyl sites for hydroxylation is 3. The molecule has 0 saturated heterocycles. The van der Waals surface area contributed by atoms with E-state index in [0.717, 1.165) is 53.7 Å². The molecular formula is C40H37N5S2. The number of fused-ring (bicyclic) bond motifs is 4. The van der Waals surface area contributed by atoms with E-state index in [9.17, 15) is 0 Å². The van der Waals surface area contributed by atoms with Gasteiger partial charge in [0.1, 0.15) is 0 Å². The lowest BCUT2D eigenvalue weighted by Gasteiger charge is -2.19. The second-order valence-corrected chi connectivity index (χ2v) is 14.6. The average molecular weight is 652 g/mol. The number of nitrogens with zero attached hydrogens (tertiary/aromatic N) is 4. The van der Waals surface area contributed by atoms with Gasteiger partial charge in [-0.3, -0.25) is 0 Å². The van der Waals surface area contributed by atoms with Crippen LogP contribution in [-0.4, -0.2) is 19.9 Å². The van der Waals surface area contributed by atoms with Gasteiger partial charge in [-0.05, 0) is 86.1 Å². The second-order valence-electron chi connectivity index (χ2n) is 12.4. The largest absolute Gasteiger partial charge is 0.357 e. The average Bonchev–Trinajstić information content (AvgIpc) is 3.71. The molecule has 3 aromatic carbocycles. The number of aromatic nitrogens is 4. The molecule has 2 aliphatic carbocycles. The highest BCUT2D eigenvalue weighted by Crippen LogP contribution is 2.41. The fraction of sp³-hybridized carbons (Fsp3) is 0.250. The van der Waals surface area contributed by atoms with Crippen LogP contribution in [0.2, 0.25) is 0 Å². The molecule has 0 bridgehead atoms. The lowest BCUT2D eigenvalue weighted by molar-refractivity contribution is 0.672. The monoisotopic (exact) mass is 651 g/mol. The van der Waals surface area contributed by atoms with Crippen molar-refractivity contribution < 1.29 is 0 Å². The van der Waals surface area contributed by atoms with E-state index >= 15 is 0 Å². The van der Waals surface area contributed by atoms with Gasteiger partial charge in [0, 0.05) is 29.1 Å². The van der Waals surface area contributed by atoms with E-state index < -0.39 is 0 Å². The van der Waals surface area contributed by atoms with E-state index in [0.29, 0.717) is 0 Å². The zero-order valence-electron chi connectivity index (χ0n) is 26.6. The highest BCUT2D eigenvalue weighted by atomic mass is 32.1. The molecule has 1 N–H and O–H groups in total. The number of anilines is 1. The maximum atomic E-state index is 4.94. The standard InChI is InChI=1S/C23H21N3S.C17H16N2S/c1-3-9-16(10-4-1)15-24-23-26-22-21(27-23)20(17-11-5-2-6-12-17)18-13-7-8-14-19(18)25-22;1-11-18-17-16(20-11)15(12-7-3-2-4-8-12)13-9-5-6-10-14(13)19-17/h1-6,9-12H,7-8,13-15H2,(H,24,25,26);2-4,7-8H,5-6,9-10H2,1H3. The molecule has 234 valence electrons. The van der Waals surface area contributed by atoms with Crippen LogP contribution in [0.25, 0.3) is 42.9 Å². The van der Waals surface area contributed by atoms with Crippen molar-refractivity contribution in [3.05, 3.63) is 124 Å². The molecule has 4 heterocycles. The maximum absolute atomic E-state index is 4.94. The molecule has 0 amide bonds. The predicted octanol–water partition coefficient (Wildman–Crippen LogP) is 10.4. The minimum atomic E-state index is 0.779. The van der Waals surface area contributed by atoms with E-state index in [4.69, 9.17) is 15.0 Å². The van der Waals surface area contributed by atoms with Crippen LogP contribution in [-0.2, 0) is 32.2 Å². The molecule has 47 heavy (non-hydrogen) atoms. The van der Waals surface area contributed by atoms with Crippen molar-refractivity contribution in [1.82, 2.24) is 19.9 Å². The Morgan fingerprint density at radius 2 is 1.04 bits per heavy atom. The van der Waals surface area contributed by atoms with Crippen molar-refractivity contribution in [3.63, 3.8) is 0 Å². The number of thiazole rings is 2. The van der Waals surface area contributed by atoms with Gasteiger partial charge in [-0.2, -0.15) is 0 Å². The van der Waals surface area contributed by atoms with Crippen LogP contribution in [0, 0.1) is 6.92 Å². The number of rotatable bonds is 5. The quantitative estimate of drug-likeness (QED) is 0.201. The third kappa shape index (κ3) is 6.18. The SMILES string of the molecule is Cc1nc2nc3c(c(-c4ccccc4)c2s1)CCCC3.c1ccc(CNc2nc3nc4c(c(-c5ccccc5)c3s2)CCCC4)cc1. The lowest BCUT2D eigenvalue weighted by Crippen LogP contribution is -2.07. The predicted molar refractivity (Wildman–Crippen MR) is 197 cm³/mol. The third-order valence-corrected chi connectivity index (χ3v) is 11.2. The van der Waals surface area contributed by atoms with Gasteiger partial charge < -0.3 is 5.32 Å². The minimum Gasteiger partial charge on any atom is -0.357 e. The summed E-state index contributed by atoms with van der Waals surface area (Å²) in [6, 6.07) is 31.9. The zero-order valence-corrected chi connectivity index (χ0v) is 28.3. The van der Waals surface area contributed by atoms with E-state index in [1.54, 1.807) is 22.7 Å². The van der Waals surface area contributed by atoms with Crippen molar-refractivity contribution in [1.29, 1.82) is 0 Å². The first-order chi connectivity index (χ1) is 23.2. The Labute approximate surface area is 283 Å². The normalized spacial score (nSPS) is 13.9. The Kier molecular flexibility index (Phi) is 8.49. The molecule has 0 radical (unpaired) electrons. The van der Waals surface area contributed by atoms with Gasteiger partial charge >= 0.3 is 0 Å². The van der Waals surface area contributed by atoms with Crippen LogP contribution >= 0.6 is 22.7 Å². The summed E-state index contributed by atoms with van der Waals surface area (Å²) in [6.07, 6.45) is 9.44. The van der Waals surface area contributed by atoms with Crippen molar-refractivity contribution in [3.8, 4) is 22.3 Å². The van der Waals surface area contributed by atoms with Crippen LogP contribution in [0.3, 0.4) is 0 Å². The molecule has 2 aliphatic rings. The van der Waals surface area contributed by atoms with Gasteiger partial charge in [-0.25, -0.2) is 19.9 Å². The lowest BCUT2D eigenvalue weighted by atomic mass is 9.89. The summed E-state index contributed by atoms with van der Waals surface area (Å²) < 4.78 is 2.46. The first-order valence-corrected chi connectivity index (χ1v) is 18.3. The molecule has 0 unspecified atom stereocenters. The molecule has 7 aromatic rings. The molecule has 0 aliphatic heterocycles. The smallest absolute Gasteiger partial charge is 0.185 e. The van der Waals surface area contributed by atoms with Gasteiger partial charge in [0.2, 0.25) is 0 Å². The van der Waals surface area contributed by atoms with Crippen LogP contribution in [0.1, 0.15) is 58.8 Å². The van der Waals surface area contributed by atoms with E-state index in [2.05, 4.69) is 102 Å². The molecule has 9 rings (SSSR count). The minimum absolute atomic E-state index is 0.779. The van der Waals surface area contributed by atoms with Gasteiger partial charge in [0.05, 0.1) is 14.4 Å². The number of pyridine rings is 2. The van der Waals surface area contributed by atoms with Gasteiger partial charge in [0.15, 0.2) is 16.4 Å². The van der Waals surface area contributed by atoms with Crippen molar-refractivity contribution in [2.45, 2.75) is 64.8 Å². The van der Waals surface area contributed by atoms with E-state index in [1.807, 2.05) is 6.07 Å². The molecule has 7 heteroatoms. The summed E-state index contributed by atoms with van der Waals surface area (Å²) in [7, 11) is 0. The molecule has 0 atom stereocenters. The molecule has 4 aromatic heterocycles. The number of benzene rings is 3. The summed E-state index contributed by atoms with van der Waals surface area (Å²) in [6.45, 7) is 2.85. The van der Waals surface area contributed by atoms with Crippen molar-refractivity contribution in [2.75, 3.05) is 5.32 Å². The Morgan fingerprint density at radius 1 is 0.553 bits per heavy atom. The van der Waals surface area contributed by atoms with Crippen LogP contribution in [0.4, 0.5) is 5.13 Å². The summed E-state index contributed by atoms with van der Waals surface area (Å²) in [4.78, 5) is 19.2. The Hall–Kier alpha value is -4.46. The summed E-state index contributed by atoms with van der Waals surface area (Å²) in [5, 5.41) is 5.54. The van der Waals surface area contributed by atoms with Gasteiger partial charge in [0.25, 0.3) is 0 Å². The van der Waals surface area contributed by atoms with E-state index in [-0.39, 0.29) is 0 Å². The topological polar surface area (TPSA) is 63.6 Å². The number of hydrogen-bond donors (Lipinski definition) is 1. The van der Waals surface area contributed by atoms with Crippen LogP contribution in [0.15, 0.2) is 91.0 Å². The van der Waals surface area contributed by atoms with Crippen LogP contribution in [0.5, 0.6) is 0 Å². The first kappa shape index (κ1) is 29.9. The third-order valence-electron chi connectivity index (χ3n) is 9.15. The van der Waals surface area contributed by atoms with Crippen LogP contribution < -0.4 is 5.32 Å². The van der Waals surface area contributed by atoms with Crippen molar-refractivity contribution in [2.24, 2.45) is 0 Å². The number of hydrogen-bond acceptors (Lipinski definition) is 7.